The third-order valence-corrected chi connectivity index (χ3v) is 2.99. The number of hydrogen-bond acceptors (Lipinski definition) is 2. The van der Waals surface area contributed by atoms with E-state index in [9.17, 15) is 4.79 Å². The molecule has 0 spiro atoms. The molecule has 1 unspecified atom stereocenters. The summed E-state index contributed by atoms with van der Waals surface area (Å²) in [6, 6.07) is 7.53. The molecule has 1 aromatic rings. The molecule has 18 heavy (non-hydrogen) atoms. The molecule has 0 aromatic heterocycles. The van der Waals surface area contributed by atoms with Crippen LogP contribution in [0.3, 0.4) is 0 Å². The molecule has 0 saturated carbocycles. The van der Waals surface area contributed by atoms with Gasteiger partial charge in [0.05, 0.1) is 13.5 Å². The molecule has 0 radical (unpaired) electrons. The van der Waals surface area contributed by atoms with Crippen LogP contribution in [-0.4, -0.2) is 25.4 Å². The average Bonchev–Trinajstić information content (AvgIpc) is 2.38. The highest BCUT2D eigenvalue weighted by molar-refractivity contribution is 6.17. The van der Waals surface area contributed by atoms with E-state index in [1.54, 1.807) is 7.11 Å². The summed E-state index contributed by atoms with van der Waals surface area (Å²) >= 11 is 5.65. The lowest BCUT2D eigenvalue weighted by Crippen LogP contribution is -2.29. The summed E-state index contributed by atoms with van der Waals surface area (Å²) in [5, 5.41) is 2.92. The highest BCUT2D eigenvalue weighted by Gasteiger charge is 2.06. The maximum atomic E-state index is 11.7. The van der Waals surface area contributed by atoms with E-state index in [4.69, 9.17) is 16.3 Å². The van der Waals surface area contributed by atoms with Gasteiger partial charge in [-0.25, -0.2) is 0 Å². The van der Waals surface area contributed by atoms with Crippen LogP contribution in [0, 0.1) is 5.92 Å². The Bertz CT molecular complexity index is 365. The lowest BCUT2D eigenvalue weighted by Gasteiger charge is -2.11. The Labute approximate surface area is 113 Å². The van der Waals surface area contributed by atoms with E-state index in [0.717, 1.165) is 17.7 Å². The molecule has 4 heteroatoms. The molecule has 0 aliphatic rings. The molecule has 0 aliphatic carbocycles. The summed E-state index contributed by atoms with van der Waals surface area (Å²) in [6.45, 7) is 2.76. The van der Waals surface area contributed by atoms with Crippen LogP contribution in [-0.2, 0) is 11.2 Å². The van der Waals surface area contributed by atoms with Crippen molar-refractivity contribution in [3.8, 4) is 5.75 Å². The highest BCUT2D eigenvalue weighted by atomic mass is 35.5. The molecule has 0 heterocycles. The first-order valence-electron chi connectivity index (χ1n) is 6.11. The number of ether oxygens (including phenoxy) is 1. The number of methoxy groups -OCH3 is 1. The zero-order valence-electron chi connectivity index (χ0n) is 10.9. The van der Waals surface area contributed by atoms with Crippen LogP contribution >= 0.6 is 11.6 Å². The standard InChI is InChI=1S/C14H20ClNO2/c1-11(7-8-15)10-16-14(17)9-12-3-5-13(18-2)6-4-12/h3-6,11H,7-10H2,1-2H3,(H,16,17). The normalized spacial score (nSPS) is 11.9. The van der Waals surface area contributed by atoms with Gasteiger partial charge in [0.15, 0.2) is 0 Å². The molecule has 100 valence electrons. The molecule has 0 bridgehead atoms. The summed E-state index contributed by atoms with van der Waals surface area (Å²) in [5.41, 5.74) is 0.985. The zero-order valence-corrected chi connectivity index (χ0v) is 11.7. The quantitative estimate of drug-likeness (QED) is 0.773. The summed E-state index contributed by atoms with van der Waals surface area (Å²) in [6.07, 6.45) is 1.32. The van der Waals surface area contributed by atoms with Gasteiger partial charge in [-0.1, -0.05) is 19.1 Å². The first-order chi connectivity index (χ1) is 8.65. The van der Waals surface area contributed by atoms with E-state index < -0.39 is 0 Å². The number of carbonyl (C=O) groups excluding carboxylic acids is 1. The van der Waals surface area contributed by atoms with Gasteiger partial charge in [0.1, 0.15) is 5.75 Å². The summed E-state index contributed by atoms with van der Waals surface area (Å²) < 4.78 is 5.07. The van der Waals surface area contributed by atoms with Crippen molar-refractivity contribution in [2.45, 2.75) is 19.8 Å². The van der Waals surface area contributed by atoms with Crippen LogP contribution in [0.15, 0.2) is 24.3 Å². The van der Waals surface area contributed by atoms with Gasteiger partial charge in [-0.15, -0.1) is 11.6 Å². The minimum Gasteiger partial charge on any atom is -0.497 e. The lowest BCUT2D eigenvalue weighted by molar-refractivity contribution is -0.120. The molecule has 1 amide bonds. The van der Waals surface area contributed by atoms with Crippen molar-refractivity contribution < 1.29 is 9.53 Å². The van der Waals surface area contributed by atoms with Gasteiger partial charge in [0.25, 0.3) is 0 Å². The van der Waals surface area contributed by atoms with Crippen molar-refractivity contribution >= 4 is 17.5 Å². The first kappa shape index (κ1) is 14.8. The fourth-order valence-electron chi connectivity index (χ4n) is 1.57. The summed E-state index contributed by atoms with van der Waals surface area (Å²) in [4.78, 5) is 11.7. The predicted molar refractivity (Wildman–Crippen MR) is 74.2 cm³/mol. The number of hydrogen-bond donors (Lipinski definition) is 1. The smallest absolute Gasteiger partial charge is 0.224 e. The maximum absolute atomic E-state index is 11.7. The van der Waals surface area contributed by atoms with E-state index >= 15 is 0 Å². The molecule has 0 fully saturated rings. The molecule has 1 aromatic carbocycles. The monoisotopic (exact) mass is 269 g/mol. The molecule has 1 N–H and O–H groups in total. The molecular formula is C14H20ClNO2. The molecule has 1 rings (SSSR count). The second-order valence-electron chi connectivity index (χ2n) is 4.41. The van der Waals surface area contributed by atoms with Crippen molar-refractivity contribution in [3.63, 3.8) is 0 Å². The largest absolute Gasteiger partial charge is 0.497 e. The third-order valence-electron chi connectivity index (χ3n) is 2.77. The van der Waals surface area contributed by atoms with Crippen molar-refractivity contribution in [2.24, 2.45) is 5.92 Å². The number of nitrogens with one attached hydrogen (secondary N) is 1. The van der Waals surface area contributed by atoms with Crippen molar-refractivity contribution in [1.82, 2.24) is 5.32 Å². The van der Waals surface area contributed by atoms with E-state index in [0.29, 0.717) is 24.8 Å². The predicted octanol–water partition coefficient (Wildman–Crippen LogP) is 2.62. The Morgan fingerprint density at radius 3 is 2.61 bits per heavy atom. The Hall–Kier alpha value is -1.22. The van der Waals surface area contributed by atoms with Crippen LogP contribution in [0.4, 0.5) is 0 Å². The van der Waals surface area contributed by atoms with Gasteiger partial charge in [-0.3, -0.25) is 4.79 Å². The van der Waals surface area contributed by atoms with Gasteiger partial charge in [-0.05, 0) is 30.0 Å². The van der Waals surface area contributed by atoms with Crippen LogP contribution < -0.4 is 10.1 Å². The van der Waals surface area contributed by atoms with E-state index in [1.165, 1.54) is 0 Å². The van der Waals surface area contributed by atoms with Gasteiger partial charge >= 0.3 is 0 Å². The Balaban J connectivity index is 2.35. The Morgan fingerprint density at radius 1 is 1.39 bits per heavy atom. The number of alkyl halides is 1. The highest BCUT2D eigenvalue weighted by Crippen LogP contribution is 2.11. The topological polar surface area (TPSA) is 38.3 Å². The first-order valence-corrected chi connectivity index (χ1v) is 6.64. The van der Waals surface area contributed by atoms with Crippen LogP contribution in [0.2, 0.25) is 0 Å². The van der Waals surface area contributed by atoms with Gasteiger partial charge < -0.3 is 10.1 Å². The van der Waals surface area contributed by atoms with Crippen LogP contribution in [0.5, 0.6) is 5.75 Å². The van der Waals surface area contributed by atoms with Crippen LogP contribution in [0.1, 0.15) is 18.9 Å². The minimum absolute atomic E-state index is 0.0431. The fourth-order valence-corrected chi connectivity index (χ4v) is 1.94. The maximum Gasteiger partial charge on any atom is 0.224 e. The lowest BCUT2D eigenvalue weighted by atomic mass is 10.1. The molecule has 1 atom stereocenters. The van der Waals surface area contributed by atoms with Gasteiger partial charge in [0, 0.05) is 12.4 Å². The number of amides is 1. The van der Waals surface area contributed by atoms with Gasteiger partial charge in [-0.2, -0.15) is 0 Å². The number of halogens is 1. The van der Waals surface area contributed by atoms with E-state index in [-0.39, 0.29) is 5.91 Å². The fraction of sp³-hybridized carbons (Fsp3) is 0.500. The molecule has 0 aliphatic heterocycles. The third kappa shape index (κ3) is 5.41. The second-order valence-corrected chi connectivity index (χ2v) is 4.79. The Kier molecular flexibility index (Phi) is 6.58. The van der Waals surface area contributed by atoms with E-state index in [1.807, 2.05) is 24.3 Å². The van der Waals surface area contributed by atoms with Crippen molar-refractivity contribution in [2.75, 3.05) is 19.5 Å². The van der Waals surface area contributed by atoms with Crippen LogP contribution in [0.25, 0.3) is 0 Å². The number of carbonyl (C=O) groups is 1. The zero-order chi connectivity index (χ0) is 13.4. The SMILES string of the molecule is COc1ccc(CC(=O)NCC(C)CCCl)cc1. The van der Waals surface area contributed by atoms with Crippen molar-refractivity contribution in [1.29, 1.82) is 0 Å². The summed E-state index contributed by atoms with van der Waals surface area (Å²) in [7, 11) is 1.62. The molecular weight excluding hydrogens is 250 g/mol. The molecule has 0 saturated heterocycles. The Morgan fingerprint density at radius 2 is 2.06 bits per heavy atom. The second kappa shape index (κ2) is 7.98. The van der Waals surface area contributed by atoms with Crippen molar-refractivity contribution in [3.05, 3.63) is 29.8 Å². The number of rotatable bonds is 7. The minimum atomic E-state index is 0.0431. The number of benzene rings is 1. The average molecular weight is 270 g/mol. The van der Waals surface area contributed by atoms with Gasteiger partial charge in [0.2, 0.25) is 5.91 Å². The summed E-state index contributed by atoms with van der Waals surface area (Å²) in [5.74, 6) is 1.90. The molecule has 3 nitrogen and oxygen atoms in total. The van der Waals surface area contributed by atoms with E-state index in [2.05, 4.69) is 12.2 Å².